The summed E-state index contributed by atoms with van der Waals surface area (Å²) in [5.41, 5.74) is 5.18. The Morgan fingerprint density at radius 1 is 0.800 bits per heavy atom. The van der Waals surface area contributed by atoms with Crippen molar-refractivity contribution in [2.75, 3.05) is 69.8 Å². The van der Waals surface area contributed by atoms with Crippen LogP contribution in [0.5, 0.6) is 5.75 Å². The molecule has 0 spiro atoms. The monoisotopic (exact) mass is 1100 g/mol. The minimum Gasteiger partial charge on any atom is -0.493 e. The lowest BCUT2D eigenvalue weighted by Crippen LogP contribution is -2.42. The van der Waals surface area contributed by atoms with Gasteiger partial charge in [-0.05, 0) is 69.0 Å². The number of imide groups is 1. The van der Waals surface area contributed by atoms with Gasteiger partial charge in [-0.3, -0.25) is 48.2 Å². The molecule has 0 aliphatic carbocycles. The van der Waals surface area contributed by atoms with Crippen molar-refractivity contribution in [3.05, 3.63) is 89.7 Å². The van der Waals surface area contributed by atoms with E-state index in [0.717, 1.165) is 27.2 Å². The highest BCUT2D eigenvalue weighted by atomic mass is 16.5. The number of hydrogen-bond donors (Lipinski definition) is 5. The molecular weight excluding hydrogens is 1030 g/mol. The van der Waals surface area contributed by atoms with Crippen LogP contribution < -0.4 is 31.3 Å². The molecule has 5 N–H and O–H groups in total. The van der Waals surface area contributed by atoms with Gasteiger partial charge in [0.15, 0.2) is 5.82 Å². The van der Waals surface area contributed by atoms with Gasteiger partial charge in [-0.15, -0.1) is 0 Å². The Morgan fingerprint density at radius 3 is 2.29 bits per heavy atom. The van der Waals surface area contributed by atoms with E-state index >= 15 is 0 Å². The first kappa shape index (κ1) is 59.2. The zero-order valence-corrected chi connectivity index (χ0v) is 45.9. The van der Waals surface area contributed by atoms with Gasteiger partial charge in [0.1, 0.15) is 23.6 Å². The first-order valence-electron chi connectivity index (χ1n) is 26.5. The van der Waals surface area contributed by atoms with Gasteiger partial charge >= 0.3 is 5.97 Å². The van der Waals surface area contributed by atoms with Gasteiger partial charge in [-0.1, -0.05) is 31.2 Å². The predicted octanol–water partition coefficient (Wildman–Crippen LogP) is 3.76. The highest BCUT2D eigenvalue weighted by Crippen LogP contribution is 2.35. The van der Waals surface area contributed by atoms with E-state index in [0.29, 0.717) is 47.8 Å². The molecule has 8 amide bonds. The van der Waals surface area contributed by atoms with Crippen LogP contribution in [0.1, 0.15) is 96.3 Å². The van der Waals surface area contributed by atoms with E-state index in [4.69, 9.17) is 18.9 Å². The number of rotatable bonds is 27. The van der Waals surface area contributed by atoms with Crippen LogP contribution in [0.15, 0.2) is 72.0 Å². The van der Waals surface area contributed by atoms with Crippen molar-refractivity contribution in [3.63, 3.8) is 0 Å². The molecule has 80 heavy (non-hydrogen) atoms. The third kappa shape index (κ3) is 15.8. The van der Waals surface area contributed by atoms with E-state index in [2.05, 4.69) is 43.1 Å². The Labute approximate surface area is 463 Å². The molecule has 7 rings (SSSR count). The number of nitrogens with zero attached hydrogens (tertiary/aromatic N) is 6. The molecule has 4 aromatic rings. The van der Waals surface area contributed by atoms with Crippen LogP contribution in [0.3, 0.4) is 0 Å². The fourth-order valence-corrected chi connectivity index (χ4v) is 9.03. The topological polar surface area (TPSA) is 292 Å². The largest absolute Gasteiger partial charge is 0.493 e. The van der Waals surface area contributed by atoms with Gasteiger partial charge in [0.2, 0.25) is 35.4 Å². The summed E-state index contributed by atoms with van der Waals surface area (Å²) >= 11 is 0. The number of hydrogen-bond acceptors (Lipinski definition) is 15. The number of nitrogens with one attached hydrogen (secondary N) is 5. The molecule has 24 heteroatoms. The van der Waals surface area contributed by atoms with Gasteiger partial charge in [0.05, 0.1) is 56.9 Å². The summed E-state index contributed by atoms with van der Waals surface area (Å²) in [6, 6.07) is 11.2. The Hall–Kier alpha value is -8.51. The minimum absolute atomic E-state index is 0.000891. The van der Waals surface area contributed by atoms with Crippen LogP contribution in [0.4, 0.5) is 17.2 Å². The summed E-state index contributed by atoms with van der Waals surface area (Å²) < 4.78 is 25.5. The van der Waals surface area contributed by atoms with E-state index in [1.54, 1.807) is 98.5 Å². The number of esters is 1. The van der Waals surface area contributed by atoms with E-state index in [-0.39, 0.29) is 131 Å². The van der Waals surface area contributed by atoms with Crippen molar-refractivity contribution in [1.82, 2.24) is 39.9 Å². The molecular formula is C56H69N11O13. The Bertz CT molecular complexity index is 3040. The molecule has 0 bridgehead atoms. The van der Waals surface area contributed by atoms with Gasteiger partial charge in [0.25, 0.3) is 17.7 Å². The summed E-state index contributed by atoms with van der Waals surface area (Å²) in [5, 5.41) is 13.6. The van der Waals surface area contributed by atoms with Crippen molar-refractivity contribution in [1.29, 1.82) is 0 Å². The highest BCUT2D eigenvalue weighted by Gasteiger charge is 2.36. The molecule has 5 heterocycles. The second kappa shape index (κ2) is 27.4. The molecule has 4 atom stereocenters. The maximum atomic E-state index is 13.3. The van der Waals surface area contributed by atoms with Crippen molar-refractivity contribution < 1.29 is 62.1 Å². The molecule has 3 aliphatic rings. The average Bonchev–Trinajstić information content (AvgIpc) is 4.17. The Balaban J connectivity index is 0.748. The number of aryl methyl sites for hydroxylation is 3. The zero-order valence-electron chi connectivity index (χ0n) is 45.9. The lowest BCUT2D eigenvalue weighted by molar-refractivity contribution is -0.151. The quantitative estimate of drug-likeness (QED) is 0.0246. The fourth-order valence-electron chi connectivity index (χ4n) is 9.03. The fraction of sp³-hybridized carbons (Fsp3) is 0.446. The second-order valence-electron chi connectivity index (χ2n) is 20.0. The van der Waals surface area contributed by atoms with Gasteiger partial charge in [-0.2, -0.15) is 0 Å². The molecule has 1 unspecified atom stereocenters. The first-order chi connectivity index (χ1) is 38.2. The van der Waals surface area contributed by atoms with Crippen LogP contribution in [-0.4, -0.2) is 161 Å². The lowest BCUT2D eigenvalue weighted by atomic mass is 10.1. The number of amides is 8. The maximum Gasteiger partial charge on any atom is 0.328 e. The highest BCUT2D eigenvalue weighted by molar-refractivity contribution is 6.05. The third-order valence-electron chi connectivity index (χ3n) is 13.4. The van der Waals surface area contributed by atoms with E-state index < -0.39 is 35.8 Å². The molecule has 0 saturated carbocycles. The van der Waals surface area contributed by atoms with Gasteiger partial charge in [0, 0.05) is 101 Å². The van der Waals surface area contributed by atoms with Crippen LogP contribution in [0, 0.1) is 12.8 Å². The van der Waals surface area contributed by atoms with Crippen molar-refractivity contribution in [3.8, 4) is 16.9 Å². The number of aromatic nitrogens is 3. The number of fused-ring (bicyclic) bond motifs is 2. The van der Waals surface area contributed by atoms with E-state index in [1.165, 1.54) is 11.5 Å². The number of ether oxygens (including phenoxy) is 4. The Kier molecular flexibility index (Phi) is 20.2. The summed E-state index contributed by atoms with van der Waals surface area (Å²) in [5.74, 6) is -2.73. The smallest absolute Gasteiger partial charge is 0.328 e. The molecule has 24 nitrogen and oxygen atoms in total. The van der Waals surface area contributed by atoms with Crippen LogP contribution in [0.25, 0.3) is 11.1 Å². The molecule has 2 fully saturated rings. The van der Waals surface area contributed by atoms with Gasteiger partial charge < -0.3 is 59.6 Å². The summed E-state index contributed by atoms with van der Waals surface area (Å²) in [4.78, 5) is 125. The van der Waals surface area contributed by atoms with Crippen LogP contribution >= 0.6 is 0 Å². The molecule has 2 saturated heterocycles. The van der Waals surface area contributed by atoms with Crippen LogP contribution in [0.2, 0.25) is 0 Å². The lowest BCUT2D eigenvalue weighted by Gasteiger charge is -2.20. The van der Waals surface area contributed by atoms with E-state index in [9.17, 15) is 43.2 Å². The predicted molar refractivity (Wildman–Crippen MR) is 293 cm³/mol. The normalized spacial score (nSPS) is 16.4. The first-order valence-corrected chi connectivity index (χ1v) is 26.5. The molecule has 2 aromatic heterocycles. The average molecular weight is 1100 g/mol. The molecule has 426 valence electrons. The molecule has 3 aliphatic heterocycles. The summed E-state index contributed by atoms with van der Waals surface area (Å²) in [6.45, 7) is 12.4. The summed E-state index contributed by atoms with van der Waals surface area (Å²) in [7, 11) is 3.36. The zero-order chi connectivity index (χ0) is 57.6. The number of benzene rings is 2. The SMILES string of the molecule is C=C1C[C@H]2C=Nc3cc(OCCCC(=O)Nc4cn(C)c(C(=O)Nc5ccc(-c6cc(C(=O)NC[C@H](C)OC(=O)[C@H](C)NC(=O)CCOCCOCCNC(=O)CCN7C(=O)CC(C)C7=O)n(C)c6)cc5)n4)c(C)cc3C(=O)N2C1. The van der Waals surface area contributed by atoms with Crippen LogP contribution in [-0.2, 0) is 57.1 Å². The number of likely N-dealkylation sites (tertiary alicyclic amines) is 1. The minimum atomic E-state index is -0.962. The number of aliphatic imine (C=N–C) groups is 1. The number of carbonyl (C=O) groups is 9. The van der Waals surface area contributed by atoms with Gasteiger partial charge in [-0.25, -0.2) is 9.78 Å². The number of anilines is 2. The number of imidazole rings is 1. The maximum absolute atomic E-state index is 13.3. The molecule has 2 aromatic carbocycles. The van der Waals surface area contributed by atoms with Crippen molar-refractivity contribution in [2.45, 2.75) is 84.4 Å². The third-order valence-corrected chi connectivity index (χ3v) is 13.4. The standard InChI is InChI=1S/C56H69N11O13/c1-33-23-41-29-58-43-27-45(34(2)24-42(43)55(75)67(41)30-33)79-18-8-9-48(69)62-46-32-65(7)51(63-46)53(73)61-40-12-10-38(11-13-40)39-26-44(64(6)31-39)52(72)59-28-36(4)80-56(76)37(5)60-49(70)15-19-77-21-22-78-20-16-57-47(68)14-17-66-50(71)25-35(3)54(66)74/h10-13,24,26-27,29,31-32,35-37,41H,1,8-9,14-23,25,28,30H2,2-7H3,(H,57,68)(H,59,72)(H,60,70)(H,61,73)(H,62,69)/t35?,36-,37-,41-/m0/s1. The van der Waals surface area contributed by atoms with Crippen molar-refractivity contribution >= 4 is 76.6 Å². The summed E-state index contributed by atoms with van der Waals surface area (Å²) in [6.07, 6.45) is 5.77. The number of carbonyl (C=O) groups excluding carboxylic acids is 9. The van der Waals surface area contributed by atoms with E-state index in [1.807, 2.05) is 6.92 Å². The Morgan fingerprint density at radius 2 is 1.55 bits per heavy atom. The second-order valence-corrected chi connectivity index (χ2v) is 20.0. The molecule has 0 radical (unpaired) electrons. The van der Waals surface area contributed by atoms with Crippen molar-refractivity contribution in [2.24, 2.45) is 25.0 Å².